The molecule has 0 heterocycles. The number of hydrogen-bond acceptors (Lipinski definition) is 2. The van der Waals surface area contributed by atoms with Crippen LogP contribution in [0.25, 0.3) is 0 Å². The highest BCUT2D eigenvalue weighted by molar-refractivity contribution is 4.96. The summed E-state index contributed by atoms with van der Waals surface area (Å²) in [6, 6.07) is 0.447. The van der Waals surface area contributed by atoms with Crippen molar-refractivity contribution < 1.29 is 4.74 Å². The summed E-state index contributed by atoms with van der Waals surface area (Å²) in [5, 5.41) is 3.48. The summed E-state index contributed by atoms with van der Waals surface area (Å²) in [5.41, 5.74) is 1.30. The van der Waals surface area contributed by atoms with E-state index in [-0.39, 0.29) is 0 Å². The topological polar surface area (TPSA) is 21.3 Å². The summed E-state index contributed by atoms with van der Waals surface area (Å²) in [7, 11) is 0. The Balaban J connectivity index is 3.77. The fourth-order valence-corrected chi connectivity index (χ4v) is 1.29. The summed E-state index contributed by atoms with van der Waals surface area (Å²) in [5.74, 6) is 0. The molecule has 1 N–H and O–H groups in total. The molecule has 1 atom stereocenters. The molecule has 0 radical (unpaired) electrons. The van der Waals surface area contributed by atoms with Crippen molar-refractivity contribution in [2.24, 2.45) is 0 Å². The Bertz CT molecular complexity index is 137. The zero-order valence-electron chi connectivity index (χ0n) is 9.94. The maximum absolute atomic E-state index is 5.43. The largest absolute Gasteiger partial charge is 0.380 e. The first-order chi connectivity index (χ1) is 6.74. The van der Waals surface area contributed by atoms with E-state index in [9.17, 15) is 0 Å². The van der Waals surface area contributed by atoms with Gasteiger partial charge in [0.05, 0.1) is 6.61 Å². The normalized spacial score (nSPS) is 12.8. The smallest absolute Gasteiger partial charge is 0.0622 e. The van der Waals surface area contributed by atoms with Gasteiger partial charge in [0.25, 0.3) is 0 Å². The molecule has 0 amide bonds. The van der Waals surface area contributed by atoms with Crippen LogP contribution in [0.1, 0.15) is 40.0 Å². The van der Waals surface area contributed by atoms with Crippen LogP contribution < -0.4 is 5.32 Å². The fourth-order valence-electron chi connectivity index (χ4n) is 1.29. The highest BCUT2D eigenvalue weighted by Gasteiger charge is 2.08. The minimum atomic E-state index is 0.447. The van der Waals surface area contributed by atoms with Crippen molar-refractivity contribution in [2.45, 2.75) is 46.1 Å². The maximum Gasteiger partial charge on any atom is 0.0622 e. The number of hydrogen-bond donors (Lipinski definition) is 1. The second-order valence-electron chi connectivity index (χ2n) is 3.62. The van der Waals surface area contributed by atoms with Crippen molar-refractivity contribution in [3.8, 4) is 0 Å². The molecular weight excluding hydrogens is 174 g/mol. The lowest BCUT2D eigenvalue weighted by atomic mass is 10.1. The third-order valence-electron chi connectivity index (χ3n) is 2.24. The van der Waals surface area contributed by atoms with Gasteiger partial charge in [-0.1, -0.05) is 26.0 Å². The van der Waals surface area contributed by atoms with Gasteiger partial charge in [0.1, 0.15) is 0 Å². The summed E-state index contributed by atoms with van der Waals surface area (Å²) in [4.78, 5) is 0. The average molecular weight is 199 g/mol. The molecule has 84 valence electrons. The van der Waals surface area contributed by atoms with Crippen molar-refractivity contribution in [1.29, 1.82) is 0 Å². The van der Waals surface area contributed by atoms with Crippen LogP contribution in [0.15, 0.2) is 12.2 Å². The van der Waals surface area contributed by atoms with Crippen molar-refractivity contribution >= 4 is 0 Å². The maximum atomic E-state index is 5.43. The lowest BCUT2D eigenvalue weighted by Crippen LogP contribution is -2.34. The standard InChI is InChI=1S/C12H25NO/c1-5-8-13-12(10-14-7-3)9-11(4)6-2/h12-13H,4-10H2,1-3H3. The van der Waals surface area contributed by atoms with Gasteiger partial charge in [0, 0.05) is 12.6 Å². The van der Waals surface area contributed by atoms with Crippen molar-refractivity contribution in [1.82, 2.24) is 5.32 Å². The van der Waals surface area contributed by atoms with Crippen LogP contribution in [0, 0.1) is 0 Å². The lowest BCUT2D eigenvalue weighted by Gasteiger charge is -2.18. The van der Waals surface area contributed by atoms with Gasteiger partial charge in [-0.25, -0.2) is 0 Å². The minimum Gasteiger partial charge on any atom is -0.380 e. The molecule has 0 rings (SSSR count). The van der Waals surface area contributed by atoms with Crippen LogP contribution in [0.4, 0.5) is 0 Å². The zero-order chi connectivity index (χ0) is 10.8. The summed E-state index contributed by atoms with van der Waals surface area (Å²) in [6.45, 7) is 13.1. The van der Waals surface area contributed by atoms with Crippen molar-refractivity contribution in [2.75, 3.05) is 19.8 Å². The van der Waals surface area contributed by atoms with E-state index in [2.05, 4.69) is 25.7 Å². The fraction of sp³-hybridized carbons (Fsp3) is 0.833. The van der Waals surface area contributed by atoms with Crippen LogP contribution in [-0.2, 0) is 4.74 Å². The van der Waals surface area contributed by atoms with Gasteiger partial charge in [0.15, 0.2) is 0 Å². The van der Waals surface area contributed by atoms with E-state index in [4.69, 9.17) is 4.74 Å². The van der Waals surface area contributed by atoms with E-state index < -0.39 is 0 Å². The van der Waals surface area contributed by atoms with Crippen LogP contribution in [0.3, 0.4) is 0 Å². The molecule has 0 spiro atoms. The molecular formula is C12H25NO. The number of ether oxygens (including phenoxy) is 1. The third-order valence-corrected chi connectivity index (χ3v) is 2.24. The first-order valence-electron chi connectivity index (χ1n) is 5.72. The Hall–Kier alpha value is -0.340. The molecule has 0 aromatic carbocycles. The first kappa shape index (κ1) is 13.7. The van der Waals surface area contributed by atoms with E-state index >= 15 is 0 Å². The second-order valence-corrected chi connectivity index (χ2v) is 3.62. The van der Waals surface area contributed by atoms with Gasteiger partial charge in [0.2, 0.25) is 0 Å². The average Bonchev–Trinajstić information content (AvgIpc) is 2.21. The third kappa shape index (κ3) is 7.10. The Morgan fingerprint density at radius 2 is 2.07 bits per heavy atom. The molecule has 2 nitrogen and oxygen atoms in total. The lowest BCUT2D eigenvalue weighted by molar-refractivity contribution is 0.122. The van der Waals surface area contributed by atoms with Gasteiger partial charge in [-0.2, -0.15) is 0 Å². The molecule has 0 saturated heterocycles. The van der Waals surface area contributed by atoms with Crippen molar-refractivity contribution in [3.63, 3.8) is 0 Å². The van der Waals surface area contributed by atoms with Crippen LogP contribution in [0.5, 0.6) is 0 Å². The highest BCUT2D eigenvalue weighted by Crippen LogP contribution is 2.07. The molecule has 1 unspecified atom stereocenters. The molecule has 0 bridgehead atoms. The highest BCUT2D eigenvalue weighted by atomic mass is 16.5. The van der Waals surface area contributed by atoms with E-state index in [1.54, 1.807) is 0 Å². The summed E-state index contributed by atoms with van der Waals surface area (Å²) >= 11 is 0. The zero-order valence-corrected chi connectivity index (χ0v) is 9.94. The predicted octanol–water partition coefficient (Wildman–Crippen LogP) is 2.75. The van der Waals surface area contributed by atoms with Gasteiger partial charge in [-0.05, 0) is 32.7 Å². The summed E-state index contributed by atoms with van der Waals surface area (Å²) in [6.07, 6.45) is 3.27. The molecule has 2 heteroatoms. The molecule has 0 saturated carbocycles. The molecule has 0 aliphatic carbocycles. The summed E-state index contributed by atoms with van der Waals surface area (Å²) < 4.78 is 5.43. The van der Waals surface area contributed by atoms with E-state index in [0.717, 1.165) is 32.6 Å². The van der Waals surface area contributed by atoms with Crippen LogP contribution in [0.2, 0.25) is 0 Å². The second kappa shape index (κ2) is 9.22. The molecule has 0 aromatic rings. The quantitative estimate of drug-likeness (QED) is 0.577. The first-order valence-corrected chi connectivity index (χ1v) is 5.72. The predicted molar refractivity (Wildman–Crippen MR) is 62.6 cm³/mol. The Labute approximate surface area is 88.7 Å². The molecule has 0 aromatic heterocycles. The van der Waals surface area contributed by atoms with E-state index in [1.165, 1.54) is 12.0 Å². The Morgan fingerprint density at radius 3 is 2.57 bits per heavy atom. The number of nitrogens with one attached hydrogen (secondary N) is 1. The minimum absolute atomic E-state index is 0.447. The van der Waals surface area contributed by atoms with Crippen molar-refractivity contribution in [3.05, 3.63) is 12.2 Å². The van der Waals surface area contributed by atoms with Gasteiger partial charge in [-0.15, -0.1) is 0 Å². The van der Waals surface area contributed by atoms with Crippen LogP contribution in [-0.4, -0.2) is 25.8 Å². The molecule has 0 fully saturated rings. The monoisotopic (exact) mass is 199 g/mol. The van der Waals surface area contributed by atoms with Gasteiger partial charge >= 0.3 is 0 Å². The van der Waals surface area contributed by atoms with Gasteiger partial charge in [-0.3, -0.25) is 0 Å². The molecule has 0 aliphatic rings. The van der Waals surface area contributed by atoms with E-state index in [1.807, 2.05) is 6.92 Å². The van der Waals surface area contributed by atoms with Crippen LogP contribution >= 0.6 is 0 Å². The van der Waals surface area contributed by atoms with E-state index in [0.29, 0.717) is 6.04 Å². The Morgan fingerprint density at radius 1 is 1.36 bits per heavy atom. The SMILES string of the molecule is C=C(CC)CC(COCC)NCCC. The van der Waals surface area contributed by atoms with Gasteiger partial charge < -0.3 is 10.1 Å². The molecule has 14 heavy (non-hydrogen) atoms. The Kier molecular flexibility index (Phi) is 9.00. The molecule has 0 aliphatic heterocycles. The number of rotatable bonds is 9.